The van der Waals surface area contributed by atoms with Crippen LogP contribution in [0, 0.1) is 0 Å². The summed E-state index contributed by atoms with van der Waals surface area (Å²) >= 11 is 0. The number of alkyl halides is 3. The number of halogens is 3. The molecule has 1 aromatic heterocycles. The topological polar surface area (TPSA) is 86.3 Å². The fourth-order valence-corrected chi connectivity index (χ4v) is 3.62. The second kappa shape index (κ2) is 10.4. The first-order valence-corrected chi connectivity index (χ1v) is 11.2. The smallest absolute Gasteiger partial charge is 0.416 e. The summed E-state index contributed by atoms with van der Waals surface area (Å²) in [4.78, 5) is 23.9. The SMILES string of the molecule is CCn1c(CCCc2ccc(OC(C)(C)C(=O)O)cc2)nn(Cc2cccc(C(F)(F)F)c2)c1=O. The zero-order valence-electron chi connectivity index (χ0n) is 19.8. The lowest BCUT2D eigenvalue weighted by atomic mass is 10.1. The molecule has 1 N–H and O–H groups in total. The van der Waals surface area contributed by atoms with E-state index in [-0.39, 0.29) is 12.2 Å². The molecule has 0 aliphatic rings. The molecule has 0 spiro atoms. The van der Waals surface area contributed by atoms with Gasteiger partial charge in [0.2, 0.25) is 0 Å². The molecule has 0 fully saturated rings. The largest absolute Gasteiger partial charge is 0.478 e. The maximum Gasteiger partial charge on any atom is 0.416 e. The molecule has 0 aliphatic heterocycles. The van der Waals surface area contributed by atoms with Crippen LogP contribution >= 0.6 is 0 Å². The third-order valence-corrected chi connectivity index (χ3v) is 5.58. The number of ether oxygens (including phenoxy) is 1. The Balaban J connectivity index is 1.65. The maximum atomic E-state index is 13.0. The number of rotatable bonds is 10. The van der Waals surface area contributed by atoms with Gasteiger partial charge in [0.1, 0.15) is 11.6 Å². The molecule has 10 heteroatoms. The van der Waals surface area contributed by atoms with Gasteiger partial charge in [-0.25, -0.2) is 14.3 Å². The van der Waals surface area contributed by atoms with Crippen LogP contribution in [0.25, 0.3) is 0 Å². The minimum Gasteiger partial charge on any atom is -0.478 e. The number of carbonyl (C=O) groups is 1. The van der Waals surface area contributed by atoms with Gasteiger partial charge >= 0.3 is 17.8 Å². The van der Waals surface area contributed by atoms with Crippen molar-refractivity contribution in [2.75, 3.05) is 0 Å². The Hall–Kier alpha value is -3.56. The van der Waals surface area contributed by atoms with Crippen molar-refractivity contribution in [1.82, 2.24) is 14.3 Å². The summed E-state index contributed by atoms with van der Waals surface area (Å²) in [5.74, 6) is -0.0296. The van der Waals surface area contributed by atoms with E-state index in [2.05, 4.69) is 5.10 Å². The van der Waals surface area contributed by atoms with Crippen LogP contribution in [0.1, 0.15) is 49.7 Å². The Morgan fingerprint density at radius 3 is 2.34 bits per heavy atom. The summed E-state index contributed by atoms with van der Waals surface area (Å²) in [5.41, 5.74) is -1.09. The maximum absolute atomic E-state index is 13.0. The van der Waals surface area contributed by atoms with Crippen LogP contribution < -0.4 is 10.4 Å². The molecule has 0 saturated carbocycles. The molecule has 2 aromatic carbocycles. The summed E-state index contributed by atoms with van der Waals surface area (Å²) in [6.45, 7) is 5.13. The third kappa shape index (κ3) is 6.52. The molecule has 7 nitrogen and oxygen atoms in total. The van der Waals surface area contributed by atoms with Gasteiger partial charge in [0.05, 0.1) is 12.1 Å². The predicted octanol–water partition coefficient (Wildman–Crippen LogP) is 4.55. The van der Waals surface area contributed by atoms with Gasteiger partial charge in [0.15, 0.2) is 5.60 Å². The van der Waals surface area contributed by atoms with Crippen LogP contribution in [0.2, 0.25) is 0 Å². The Kier molecular flexibility index (Phi) is 7.72. The third-order valence-electron chi connectivity index (χ3n) is 5.58. The van der Waals surface area contributed by atoms with Crippen LogP contribution in [0.3, 0.4) is 0 Å². The number of carboxylic acids is 1. The molecule has 1 heterocycles. The molecule has 0 saturated heterocycles. The molecule has 3 aromatic rings. The van der Waals surface area contributed by atoms with Crippen LogP contribution in [0.5, 0.6) is 5.75 Å². The van der Waals surface area contributed by atoms with Gasteiger partial charge < -0.3 is 9.84 Å². The molecule has 35 heavy (non-hydrogen) atoms. The van der Waals surface area contributed by atoms with E-state index in [1.807, 2.05) is 19.1 Å². The van der Waals surface area contributed by atoms with E-state index < -0.39 is 23.3 Å². The number of benzene rings is 2. The van der Waals surface area contributed by atoms with Crippen LogP contribution in [0.15, 0.2) is 53.3 Å². The fourth-order valence-electron chi connectivity index (χ4n) is 3.62. The minimum absolute atomic E-state index is 0.0447. The zero-order valence-corrected chi connectivity index (χ0v) is 19.8. The van der Waals surface area contributed by atoms with Crippen LogP contribution in [-0.4, -0.2) is 31.0 Å². The molecular weight excluding hydrogens is 463 g/mol. The zero-order chi connectivity index (χ0) is 25.8. The first-order chi connectivity index (χ1) is 16.4. The van der Waals surface area contributed by atoms with Crippen molar-refractivity contribution in [3.8, 4) is 5.75 Å². The lowest BCUT2D eigenvalue weighted by molar-refractivity contribution is -0.152. The van der Waals surface area contributed by atoms with E-state index in [4.69, 9.17) is 4.74 Å². The van der Waals surface area contributed by atoms with Crippen LogP contribution in [0.4, 0.5) is 13.2 Å². The van der Waals surface area contributed by atoms with E-state index in [0.717, 1.165) is 17.7 Å². The molecule has 0 radical (unpaired) electrons. The molecule has 0 bridgehead atoms. The first kappa shape index (κ1) is 26.1. The van der Waals surface area contributed by atoms with Crippen molar-refractivity contribution < 1.29 is 27.8 Å². The highest BCUT2D eigenvalue weighted by atomic mass is 19.4. The summed E-state index contributed by atoms with van der Waals surface area (Å²) in [6, 6.07) is 12.0. The average Bonchev–Trinajstić information content (AvgIpc) is 3.08. The van der Waals surface area contributed by atoms with Crippen molar-refractivity contribution in [3.05, 3.63) is 81.5 Å². The summed E-state index contributed by atoms with van der Waals surface area (Å²) in [6.07, 6.45) is -2.55. The molecule has 0 unspecified atom stereocenters. The molecular formula is C25H28F3N3O4. The van der Waals surface area contributed by atoms with E-state index in [1.165, 1.54) is 35.2 Å². The molecule has 188 valence electrons. The van der Waals surface area contributed by atoms with Gasteiger partial charge in [-0.1, -0.05) is 24.3 Å². The summed E-state index contributed by atoms with van der Waals surface area (Å²) in [7, 11) is 0. The number of aromatic nitrogens is 3. The number of aryl methyl sites for hydroxylation is 2. The predicted molar refractivity (Wildman–Crippen MR) is 124 cm³/mol. The number of carboxylic acid groups (broad SMARTS) is 1. The number of aliphatic carboxylic acids is 1. The first-order valence-electron chi connectivity index (χ1n) is 11.2. The fraction of sp³-hybridized carbons (Fsp3) is 0.400. The van der Waals surface area contributed by atoms with Crippen molar-refractivity contribution in [2.24, 2.45) is 0 Å². The van der Waals surface area contributed by atoms with Crippen molar-refractivity contribution in [1.29, 1.82) is 0 Å². The monoisotopic (exact) mass is 491 g/mol. The van der Waals surface area contributed by atoms with Crippen molar-refractivity contribution in [3.63, 3.8) is 0 Å². The van der Waals surface area contributed by atoms with Crippen molar-refractivity contribution in [2.45, 2.75) is 64.9 Å². The minimum atomic E-state index is -4.45. The second-order valence-corrected chi connectivity index (χ2v) is 8.71. The van der Waals surface area contributed by atoms with E-state index in [1.54, 1.807) is 12.1 Å². The summed E-state index contributed by atoms with van der Waals surface area (Å²) in [5, 5.41) is 13.6. The highest BCUT2D eigenvalue weighted by Crippen LogP contribution is 2.29. The summed E-state index contributed by atoms with van der Waals surface area (Å²) < 4.78 is 47.2. The molecule has 0 amide bonds. The highest BCUT2D eigenvalue weighted by molar-refractivity contribution is 5.76. The Morgan fingerprint density at radius 2 is 1.74 bits per heavy atom. The average molecular weight is 492 g/mol. The number of hydrogen-bond acceptors (Lipinski definition) is 4. The lowest BCUT2D eigenvalue weighted by Crippen LogP contribution is -2.37. The van der Waals surface area contributed by atoms with Gasteiger partial charge in [-0.2, -0.15) is 18.3 Å². The Labute approximate surface area is 200 Å². The van der Waals surface area contributed by atoms with E-state index in [9.17, 15) is 27.9 Å². The Bertz CT molecular complexity index is 1230. The van der Waals surface area contributed by atoms with Gasteiger partial charge in [0.25, 0.3) is 0 Å². The van der Waals surface area contributed by atoms with Crippen LogP contribution in [-0.2, 0) is 36.9 Å². The van der Waals surface area contributed by atoms with E-state index in [0.29, 0.717) is 42.9 Å². The lowest BCUT2D eigenvalue weighted by Gasteiger charge is -2.21. The van der Waals surface area contributed by atoms with Crippen molar-refractivity contribution >= 4 is 5.97 Å². The van der Waals surface area contributed by atoms with E-state index >= 15 is 0 Å². The van der Waals surface area contributed by atoms with Gasteiger partial charge in [0, 0.05) is 13.0 Å². The number of nitrogens with zero attached hydrogens (tertiary/aromatic N) is 3. The normalized spacial score (nSPS) is 12.1. The van der Waals surface area contributed by atoms with Gasteiger partial charge in [-0.05, 0) is 69.0 Å². The number of hydrogen-bond donors (Lipinski definition) is 1. The standard InChI is InChI=1S/C25H28F3N3O4/c1-4-30-21(10-6-7-17-11-13-20(14-12-17)35-24(2,3)22(32)33)29-31(23(30)34)16-18-8-5-9-19(15-18)25(26,27)28/h5,8-9,11-15H,4,6-7,10,16H2,1-3H3,(H,32,33). The molecule has 0 atom stereocenters. The van der Waals surface area contributed by atoms with Gasteiger partial charge in [-0.15, -0.1) is 0 Å². The quantitative estimate of drug-likeness (QED) is 0.450. The Morgan fingerprint density at radius 1 is 1.06 bits per heavy atom. The highest BCUT2D eigenvalue weighted by Gasteiger charge is 2.30. The van der Waals surface area contributed by atoms with Gasteiger partial charge in [-0.3, -0.25) is 4.57 Å². The molecule has 0 aliphatic carbocycles. The second-order valence-electron chi connectivity index (χ2n) is 8.71. The molecule has 3 rings (SSSR count).